The Balaban J connectivity index is 1.29. The van der Waals surface area contributed by atoms with Crippen LogP contribution >= 0.6 is 0 Å². The van der Waals surface area contributed by atoms with Crippen LogP contribution in [0.1, 0.15) is 40.3 Å². The lowest BCUT2D eigenvalue weighted by molar-refractivity contribution is -0.129. The molecule has 3 amide bonds. The molecule has 0 bridgehead atoms. The van der Waals surface area contributed by atoms with Gasteiger partial charge in [-0.05, 0) is 50.2 Å². The second kappa shape index (κ2) is 9.75. The first kappa shape index (κ1) is 25.7. The fourth-order valence-corrected chi connectivity index (χ4v) is 3.86. The molecule has 0 atom stereocenters. The average molecular weight is 527 g/mol. The van der Waals surface area contributed by atoms with Crippen LogP contribution in [0.2, 0.25) is 0 Å². The Morgan fingerprint density at radius 1 is 0.974 bits per heavy atom. The summed E-state index contributed by atoms with van der Waals surface area (Å²) in [4.78, 5) is 33.4. The number of benzene rings is 2. The van der Waals surface area contributed by atoms with E-state index in [1.807, 2.05) is 36.4 Å². The maximum Gasteiger partial charge on any atom is 0.324 e. The van der Waals surface area contributed by atoms with Crippen LogP contribution in [0.25, 0.3) is 5.69 Å². The number of urea groups is 1. The van der Waals surface area contributed by atoms with Gasteiger partial charge in [0.15, 0.2) is 17.2 Å². The van der Waals surface area contributed by atoms with Crippen LogP contribution in [0.5, 0.6) is 5.75 Å². The summed E-state index contributed by atoms with van der Waals surface area (Å²) in [7, 11) is 0. The van der Waals surface area contributed by atoms with Crippen molar-refractivity contribution in [1.29, 1.82) is 0 Å². The molecule has 0 radical (unpaired) electrons. The third kappa shape index (κ3) is 5.52. The Bertz CT molecular complexity index is 1520. The van der Waals surface area contributed by atoms with E-state index in [4.69, 9.17) is 9.84 Å². The van der Waals surface area contributed by atoms with Gasteiger partial charge in [-0.15, -0.1) is 0 Å². The molecule has 11 heteroatoms. The summed E-state index contributed by atoms with van der Waals surface area (Å²) in [5.74, 6) is 1.35. The number of aromatic nitrogens is 4. The third-order valence-electron chi connectivity index (χ3n) is 6.07. The first-order valence-corrected chi connectivity index (χ1v) is 12.5. The predicted octanol–water partition coefficient (Wildman–Crippen LogP) is 5.46. The van der Waals surface area contributed by atoms with Crippen LogP contribution in [-0.4, -0.2) is 37.3 Å². The average Bonchev–Trinajstić information content (AvgIpc) is 3.31. The summed E-state index contributed by atoms with van der Waals surface area (Å²) < 4.78 is 7.58. The fraction of sp³-hybridized carbons (Fsp3) is 0.250. The Labute approximate surface area is 226 Å². The highest BCUT2D eigenvalue weighted by atomic mass is 16.5. The largest absolute Gasteiger partial charge is 0.470 e. The van der Waals surface area contributed by atoms with E-state index in [2.05, 4.69) is 52.0 Å². The number of rotatable bonds is 5. The van der Waals surface area contributed by atoms with E-state index >= 15 is 0 Å². The molecule has 1 aliphatic heterocycles. The van der Waals surface area contributed by atoms with Crippen molar-refractivity contribution in [3.05, 3.63) is 72.7 Å². The molecule has 39 heavy (non-hydrogen) atoms. The second-order valence-electron chi connectivity index (χ2n) is 10.7. The van der Waals surface area contributed by atoms with Crippen molar-refractivity contribution in [1.82, 2.24) is 19.7 Å². The van der Waals surface area contributed by atoms with Crippen molar-refractivity contribution in [3.8, 4) is 11.4 Å². The number of nitrogens with zero attached hydrogens (tertiary/aromatic N) is 4. The van der Waals surface area contributed by atoms with Crippen LogP contribution in [0, 0.1) is 0 Å². The highest BCUT2D eigenvalue weighted by Gasteiger charge is 2.37. The number of carbonyl (C=O) groups excluding carboxylic acids is 2. The molecule has 0 spiro atoms. The molecular weight excluding hydrogens is 496 g/mol. The van der Waals surface area contributed by atoms with Gasteiger partial charge in [0, 0.05) is 22.9 Å². The van der Waals surface area contributed by atoms with Gasteiger partial charge in [-0.2, -0.15) is 5.10 Å². The van der Waals surface area contributed by atoms with E-state index in [0.29, 0.717) is 34.6 Å². The van der Waals surface area contributed by atoms with Crippen molar-refractivity contribution >= 4 is 40.8 Å². The predicted molar refractivity (Wildman–Crippen MR) is 150 cm³/mol. The van der Waals surface area contributed by atoms with E-state index in [1.54, 1.807) is 42.8 Å². The number of fused-ring (bicyclic) bond motifs is 1. The standard InChI is InChI=1S/C28H30N8O3/c1-27(2,3)20-15-21(36(35-20)19-9-7-6-8-10-19)33-26(38)32-18-13-11-17(12-14-18)31-23-22-24(30-16-29-23)34-25(37)28(4,5)39-22/h6-16H,1-5H3,(H2,32,33,38)(H2,29,30,31,34,37). The number of hydrogen-bond acceptors (Lipinski definition) is 7. The Hall–Kier alpha value is -4.93. The number of amides is 3. The molecule has 3 heterocycles. The van der Waals surface area contributed by atoms with E-state index in [9.17, 15) is 9.59 Å². The van der Waals surface area contributed by atoms with E-state index < -0.39 is 11.6 Å². The smallest absolute Gasteiger partial charge is 0.324 e. The second-order valence-corrected chi connectivity index (χ2v) is 10.7. The molecule has 2 aromatic heterocycles. The molecule has 0 fully saturated rings. The number of nitrogens with one attached hydrogen (secondary N) is 4. The molecule has 11 nitrogen and oxygen atoms in total. The molecule has 0 saturated carbocycles. The van der Waals surface area contributed by atoms with E-state index in [0.717, 1.165) is 11.4 Å². The lowest BCUT2D eigenvalue weighted by Gasteiger charge is -2.31. The number of hydrogen-bond donors (Lipinski definition) is 4. The first-order valence-electron chi connectivity index (χ1n) is 12.5. The lowest BCUT2D eigenvalue weighted by Crippen LogP contribution is -2.46. The number of carbonyl (C=O) groups is 2. The first-order chi connectivity index (χ1) is 18.5. The summed E-state index contributed by atoms with van der Waals surface area (Å²) >= 11 is 0. The summed E-state index contributed by atoms with van der Waals surface area (Å²) in [6, 6.07) is 18.2. The number of anilines is 5. The fourth-order valence-electron chi connectivity index (χ4n) is 3.86. The summed E-state index contributed by atoms with van der Waals surface area (Å²) in [6.45, 7) is 9.56. The molecule has 4 N–H and O–H groups in total. The van der Waals surface area contributed by atoms with Gasteiger partial charge in [-0.25, -0.2) is 19.4 Å². The van der Waals surface area contributed by atoms with E-state index in [1.165, 1.54) is 6.33 Å². The van der Waals surface area contributed by atoms with Gasteiger partial charge in [0.25, 0.3) is 5.91 Å². The van der Waals surface area contributed by atoms with Crippen LogP contribution in [0.15, 0.2) is 67.0 Å². The normalized spacial score (nSPS) is 14.0. The molecule has 5 rings (SSSR count). The number of ether oxygens (including phenoxy) is 1. The van der Waals surface area contributed by atoms with Gasteiger partial charge >= 0.3 is 6.03 Å². The van der Waals surface area contributed by atoms with Crippen molar-refractivity contribution in [3.63, 3.8) is 0 Å². The maximum atomic E-state index is 12.9. The number of para-hydroxylation sites is 1. The summed E-state index contributed by atoms with van der Waals surface area (Å²) in [5.41, 5.74) is 1.75. The quantitative estimate of drug-likeness (QED) is 0.271. The minimum atomic E-state index is -1.06. The minimum Gasteiger partial charge on any atom is -0.470 e. The Morgan fingerprint density at radius 3 is 2.36 bits per heavy atom. The van der Waals surface area contributed by atoms with Crippen molar-refractivity contribution < 1.29 is 14.3 Å². The molecule has 0 aliphatic carbocycles. The van der Waals surface area contributed by atoms with Crippen LogP contribution in [0.4, 0.5) is 33.6 Å². The zero-order valence-electron chi connectivity index (χ0n) is 22.4. The molecule has 4 aromatic rings. The molecule has 200 valence electrons. The molecular formula is C28H30N8O3. The monoisotopic (exact) mass is 526 g/mol. The summed E-state index contributed by atoms with van der Waals surface area (Å²) in [6.07, 6.45) is 1.34. The lowest BCUT2D eigenvalue weighted by atomic mass is 9.92. The minimum absolute atomic E-state index is 0.189. The van der Waals surface area contributed by atoms with Crippen LogP contribution < -0.4 is 26.0 Å². The maximum absolute atomic E-state index is 12.9. The topological polar surface area (TPSA) is 135 Å². The highest BCUT2D eigenvalue weighted by Crippen LogP contribution is 2.38. The van der Waals surface area contributed by atoms with Gasteiger partial charge in [0.2, 0.25) is 5.75 Å². The van der Waals surface area contributed by atoms with Gasteiger partial charge in [0.05, 0.1) is 11.4 Å². The SMILES string of the molecule is CC1(C)Oc2c(ncnc2Nc2ccc(NC(=O)Nc3cc(C(C)(C)C)nn3-c3ccccc3)cc2)NC1=O. The van der Waals surface area contributed by atoms with Crippen molar-refractivity contribution in [2.24, 2.45) is 0 Å². The Morgan fingerprint density at radius 2 is 1.67 bits per heavy atom. The van der Waals surface area contributed by atoms with Gasteiger partial charge < -0.3 is 20.7 Å². The van der Waals surface area contributed by atoms with Crippen molar-refractivity contribution in [2.75, 3.05) is 21.3 Å². The van der Waals surface area contributed by atoms with Crippen LogP contribution in [-0.2, 0) is 10.2 Å². The zero-order chi connectivity index (χ0) is 27.8. The van der Waals surface area contributed by atoms with E-state index in [-0.39, 0.29) is 11.3 Å². The van der Waals surface area contributed by atoms with Gasteiger partial charge in [-0.3, -0.25) is 10.1 Å². The van der Waals surface area contributed by atoms with Crippen molar-refractivity contribution in [2.45, 2.75) is 45.6 Å². The van der Waals surface area contributed by atoms with Gasteiger partial charge in [-0.1, -0.05) is 39.0 Å². The highest BCUT2D eigenvalue weighted by molar-refractivity contribution is 6.01. The zero-order valence-corrected chi connectivity index (χ0v) is 22.4. The molecule has 0 unspecified atom stereocenters. The van der Waals surface area contributed by atoms with Crippen LogP contribution in [0.3, 0.4) is 0 Å². The molecule has 0 saturated heterocycles. The molecule has 2 aromatic carbocycles. The Kier molecular flexibility index (Phi) is 6.43. The third-order valence-corrected chi connectivity index (χ3v) is 6.07. The van der Waals surface area contributed by atoms with Gasteiger partial charge in [0.1, 0.15) is 12.1 Å². The summed E-state index contributed by atoms with van der Waals surface area (Å²) in [5, 5.41) is 16.4. The molecule has 1 aliphatic rings.